The second kappa shape index (κ2) is 9.78. The summed E-state index contributed by atoms with van der Waals surface area (Å²) in [6, 6.07) is 20.1. The molecule has 1 aliphatic rings. The summed E-state index contributed by atoms with van der Waals surface area (Å²) < 4.78 is 7.58. The molecule has 5 rings (SSSR count). The summed E-state index contributed by atoms with van der Waals surface area (Å²) in [6.07, 6.45) is 1.55. The van der Waals surface area contributed by atoms with Gasteiger partial charge in [-0.05, 0) is 45.7 Å². The van der Waals surface area contributed by atoms with Gasteiger partial charge in [-0.25, -0.2) is 4.98 Å². The molecular formula is C28H31N5O2. The van der Waals surface area contributed by atoms with E-state index in [0.717, 1.165) is 60.0 Å². The Morgan fingerprint density at radius 1 is 1.06 bits per heavy atom. The fourth-order valence-electron chi connectivity index (χ4n) is 4.63. The van der Waals surface area contributed by atoms with Crippen molar-refractivity contribution < 1.29 is 9.53 Å². The molecule has 7 nitrogen and oxygen atoms in total. The number of benzene rings is 2. The van der Waals surface area contributed by atoms with Gasteiger partial charge in [0.1, 0.15) is 11.6 Å². The molecule has 3 heterocycles. The predicted molar refractivity (Wildman–Crippen MR) is 139 cm³/mol. The maximum Gasteiger partial charge on any atom is 0.227 e. The third kappa shape index (κ3) is 4.85. The lowest BCUT2D eigenvalue weighted by Crippen LogP contribution is -2.39. The van der Waals surface area contributed by atoms with Crippen LogP contribution in [-0.2, 0) is 4.79 Å². The lowest BCUT2D eigenvalue weighted by molar-refractivity contribution is -0.120. The Labute approximate surface area is 205 Å². The molecule has 180 valence electrons. The third-order valence-electron chi connectivity index (χ3n) is 6.52. The molecule has 2 aromatic carbocycles. The number of carbonyl (C=O) groups is 1. The minimum absolute atomic E-state index is 0.0416. The number of amides is 1. The molecule has 0 atom stereocenters. The van der Waals surface area contributed by atoms with Crippen molar-refractivity contribution in [2.24, 2.45) is 5.92 Å². The van der Waals surface area contributed by atoms with E-state index in [0.29, 0.717) is 12.4 Å². The van der Waals surface area contributed by atoms with E-state index in [2.05, 4.69) is 47.5 Å². The van der Waals surface area contributed by atoms with E-state index in [9.17, 15) is 4.79 Å². The fourth-order valence-corrected chi connectivity index (χ4v) is 4.63. The lowest BCUT2D eigenvalue weighted by atomic mass is 9.95. The SMILES string of the molecule is CCOc1ccccc1NC(=O)C1CCN(c2cc(C)nc3cc(-c4ccc(C)cc4)nn23)CC1. The molecule has 1 saturated heterocycles. The molecule has 2 aromatic heterocycles. The first-order valence-corrected chi connectivity index (χ1v) is 12.2. The number of piperidine rings is 1. The van der Waals surface area contributed by atoms with Gasteiger partial charge >= 0.3 is 0 Å². The van der Waals surface area contributed by atoms with Gasteiger partial charge in [0.25, 0.3) is 0 Å². The summed E-state index contributed by atoms with van der Waals surface area (Å²) in [6.45, 7) is 8.16. The normalized spacial score (nSPS) is 14.3. The van der Waals surface area contributed by atoms with Gasteiger partial charge in [0, 0.05) is 42.4 Å². The molecule has 1 amide bonds. The maximum absolute atomic E-state index is 13.0. The van der Waals surface area contributed by atoms with E-state index in [1.54, 1.807) is 0 Å². The van der Waals surface area contributed by atoms with Gasteiger partial charge in [-0.1, -0.05) is 42.0 Å². The molecule has 0 spiro atoms. The topological polar surface area (TPSA) is 71.8 Å². The van der Waals surface area contributed by atoms with Gasteiger partial charge in [0.2, 0.25) is 5.91 Å². The highest BCUT2D eigenvalue weighted by Gasteiger charge is 2.27. The Morgan fingerprint density at radius 3 is 2.54 bits per heavy atom. The summed E-state index contributed by atoms with van der Waals surface area (Å²) in [5.41, 5.74) is 5.73. The van der Waals surface area contributed by atoms with E-state index in [1.807, 2.05) is 48.7 Å². The van der Waals surface area contributed by atoms with Crippen LogP contribution in [-0.4, -0.2) is 40.2 Å². The minimum atomic E-state index is -0.0416. The van der Waals surface area contributed by atoms with E-state index >= 15 is 0 Å². The molecule has 1 fully saturated rings. The van der Waals surface area contributed by atoms with Crippen molar-refractivity contribution in [3.05, 3.63) is 71.9 Å². The Kier molecular flexibility index (Phi) is 6.40. The number of ether oxygens (including phenoxy) is 1. The van der Waals surface area contributed by atoms with Crippen LogP contribution in [0.1, 0.15) is 31.0 Å². The van der Waals surface area contributed by atoms with E-state index in [-0.39, 0.29) is 11.8 Å². The van der Waals surface area contributed by atoms with Crippen LogP contribution in [0.15, 0.2) is 60.7 Å². The summed E-state index contributed by atoms with van der Waals surface area (Å²) in [5.74, 6) is 1.73. The van der Waals surface area contributed by atoms with Crippen LogP contribution in [0.2, 0.25) is 0 Å². The number of rotatable bonds is 6. The van der Waals surface area contributed by atoms with Crippen molar-refractivity contribution >= 4 is 23.1 Å². The molecule has 0 saturated carbocycles. The first-order valence-electron chi connectivity index (χ1n) is 12.2. The molecule has 35 heavy (non-hydrogen) atoms. The van der Waals surface area contributed by atoms with Gasteiger partial charge in [0.15, 0.2) is 5.65 Å². The molecule has 7 heteroatoms. The van der Waals surface area contributed by atoms with Gasteiger partial charge in [-0.2, -0.15) is 9.61 Å². The summed E-state index contributed by atoms with van der Waals surface area (Å²) >= 11 is 0. The highest BCUT2D eigenvalue weighted by Crippen LogP contribution is 2.29. The minimum Gasteiger partial charge on any atom is -0.492 e. The van der Waals surface area contributed by atoms with Gasteiger partial charge in [-0.15, -0.1) is 0 Å². The molecule has 0 unspecified atom stereocenters. The molecule has 0 aliphatic carbocycles. The van der Waals surface area contributed by atoms with Crippen LogP contribution >= 0.6 is 0 Å². The molecule has 0 radical (unpaired) electrons. The summed E-state index contributed by atoms with van der Waals surface area (Å²) in [5, 5.41) is 7.96. The highest BCUT2D eigenvalue weighted by atomic mass is 16.5. The number of carbonyl (C=O) groups excluding carboxylic acids is 1. The smallest absolute Gasteiger partial charge is 0.227 e. The van der Waals surface area contributed by atoms with E-state index in [4.69, 9.17) is 14.8 Å². The number of nitrogens with zero attached hydrogens (tertiary/aromatic N) is 4. The van der Waals surface area contributed by atoms with Gasteiger partial charge < -0.3 is 15.0 Å². The first kappa shape index (κ1) is 22.9. The van der Waals surface area contributed by atoms with Gasteiger partial charge in [0.05, 0.1) is 18.0 Å². The zero-order valence-electron chi connectivity index (χ0n) is 20.5. The summed E-state index contributed by atoms with van der Waals surface area (Å²) in [7, 11) is 0. The molecule has 4 aromatic rings. The Bertz CT molecular complexity index is 1340. The molecule has 1 N–H and O–H groups in total. The average Bonchev–Trinajstić information content (AvgIpc) is 3.29. The second-order valence-corrected chi connectivity index (χ2v) is 9.10. The average molecular weight is 470 g/mol. The van der Waals surface area contributed by atoms with Crippen LogP contribution in [0.5, 0.6) is 5.75 Å². The first-order chi connectivity index (χ1) is 17.0. The van der Waals surface area contributed by atoms with Crippen LogP contribution < -0.4 is 15.0 Å². The molecular weight excluding hydrogens is 438 g/mol. The monoisotopic (exact) mass is 469 g/mol. The van der Waals surface area contributed by atoms with Crippen molar-refractivity contribution in [3.8, 4) is 17.0 Å². The van der Waals surface area contributed by atoms with E-state index < -0.39 is 0 Å². The Balaban J connectivity index is 1.32. The van der Waals surface area contributed by atoms with Crippen LogP contribution in [0.3, 0.4) is 0 Å². The quantitative estimate of drug-likeness (QED) is 0.417. The number of hydrogen-bond acceptors (Lipinski definition) is 5. The van der Waals surface area contributed by atoms with Crippen LogP contribution in [0, 0.1) is 19.8 Å². The largest absolute Gasteiger partial charge is 0.492 e. The van der Waals surface area contributed by atoms with Gasteiger partial charge in [-0.3, -0.25) is 4.79 Å². The number of anilines is 2. The van der Waals surface area contributed by atoms with Crippen LogP contribution in [0.25, 0.3) is 16.9 Å². The zero-order valence-corrected chi connectivity index (χ0v) is 20.5. The van der Waals surface area contributed by atoms with Crippen molar-refractivity contribution in [3.63, 3.8) is 0 Å². The number of hydrogen-bond donors (Lipinski definition) is 1. The van der Waals surface area contributed by atoms with Crippen molar-refractivity contribution in [1.82, 2.24) is 14.6 Å². The standard InChI is InChI=1S/C28H31N5O2/c1-4-35-25-8-6-5-7-23(25)30-28(34)22-13-15-32(16-14-22)27-17-20(3)29-26-18-24(31-33(26)27)21-11-9-19(2)10-12-21/h5-12,17-18,22H,4,13-16H2,1-3H3,(H,30,34). The lowest BCUT2D eigenvalue weighted by Gasteiger charge is -2.33. The van der Waals surface area contributed by atoms with Crippen molar-refractivity contribution in [2.45, 2.75) is 33.6 Å². The van der Waals surface area contributed by atoms with Crippen LogP contribution in [0.4, 0.5) is 11.5 Å². The third-order valence-corrected chi connectivity index (χ3v) is 6.52. The zero-order chi connectivity index (χ0) is 24.4. The Hall–Kier alpha value is -3.87. The fraction of sp³-hybridized carbons (Fsp3) is 0.321. The number of aryl methyl sites for hydroxylation is 2. The highest BCUT2D eigenvalue weighted by molar-refractivity contribution is 5.94. The Morgan fingerprint density at radius 2 is 1.80 bits per heavy atom. The van der Waals surface area contributed by atoms with Crippen molar-refractivity contribution in [1.29, 1.82) is 0 Å². The predicted octanol–water partition coefficient (Wildman–Crippen LogP) is 5.27. The number of fused-ring (bicyclic) bond motifs is 1. The molecule has 0 bridgehead atoms. The van der Waals surface area contributed by atoms with Crippen molar-refractivity contribution in [2.75, 3.05) is 29.9 Å². The number of para-hydroxylation sites is 2. The second-order valence-electron chi connectivity index (χ2n) is 9.10. The number of nitrogens with one attached hydrogen (secondary N) is 1. The summed E-state index contributed by atoms with van der Waals surface area (Å²) in [4.78, 5) is 20.0. The number of aromatic nitrogens is 3. The maximum atomic E-state index is 13.0. The van der Waals surface area contributed by atoms with E-state index in [1.165, 1.54) is 5.56 Å². The molecule has 1 aliphatic heterocycles.